The molecule has 4 N–H and O–H groups in total. The lowest BCUT2D eigenvalue weighted by molar-refractivity contribution is 0.0301. The summed E-state index contributed by atoms with van der Waals surface area (Å²) in [4.78, 5) is 4.07. The molecule has 0 aliphatic rings. The Labute approximate surface area is 134 Å². The maximum absolute atomic E-state index is 9.61. The van der Waals surface area contributed by atoms with E-state index in [-0.39, 0.29) is 30.5 Å². The maximum atomic E-state index is 9.61. The molecule has 0 saturated heterocycles. The van der Waals surface area contributed by atoms with Crippen LogP contribution in [0.3, 0.4) is 0 Å². The Morgan fingerprint density at radius 2 is 1.84 bits per heavy atom. The Kier molecular flexibility index (Phi) is 14.4. The summed E-state index contributed by atoms with van der Waals surface area (Å²) in [6.45, 7) is 10.5. The van der Waals surface area contributed by atoms with Crippen molar-refractivity contribution in [3.05, 3.63) is 0 Å². The van der Waals surface area contributed by atoms with E-state index in [9.17, 15) is 5.11 Å². The van der Waals surface area contributed by atoms with Crippen molar-refractivity contribution in [3.8, 4) is 0 Å². The van der Waals surface area contributed by atoms with E-state index in [1.54, 1.807) is 0 Å². The van der Waals surface area contributed by atoms with Crippen LogP contribution in [-0.2, 0) is 4.74 Å². The Morgan fingerprint density at radius 1 is 1.21 bits per heavy atom. The third-order valence-electron chi connectivity index (χ3n) is 2.26. The molecule has 0 aromatic rings. The molecule has 0 radical (unpaired) electrons. The molecule has 116 valence electrons. The molecule has 0 rings (SSSR count). The van der Waals surface area contributed by atoms with Gasteiger partial charge < -0.3 is 20.9 Å². The van der Waals surface area contributed by atoms with Gasteiger partial charge in [0.2, 0.25) is 0 Å². The number of rotatable bonds is 9. The Morgan fingerprint density at radius 3 is 2.37 bits per heavy atom. The van der Waals surface area contributed by atoms with Crippen LogP contribution < -0.4 is 11.1 Å². The van der Waals surface area contributed by atoms with E-state index in [1.807, 2.05) is 0 Å². The number of aliphatic imine (C=N–C) groups is 1. The highest BCUT2D eigenvalue weighted by molar-refractivity contribution is 14.0. The summed E-state index contributed by atoms with van der Waals surface area (Å²) in [5.41, 5.74) is 5.67. The fraction of sp³-hybridized carbons (Fsp3) is 0.923. The average molecular weight is 387 g/mol. The summed E-state index contributed by atoms with van der Waals surface area (Å²) in [6, 6.07) is 0. The lowest BCUT2D eigenvalue weighted by Crippen LogP contribution is -2.34. The van der Waals surface area contributed by atoms with Gasteiger partial charge in [0.1, 0.15) is 0 Å². The van der Waals surface area contributed by atoms with Crippen LogP contribution >= 0.6 is 24.0 Å². The number of aliphatic hydroxyl groups is 1. The lowest BCUT2D eigenvalue weighted by Gasteiger charge is -2.11. The van der Waals surface area contributed by atoms with Crippen molar-refractivity contribution in [1.82, 2.24) is 5.32 Å². The molecule has 5 nitrogen and oxygen atoms in total. The molecular formula is C13H30IN3O2. The highest BCUT2D eigenvalue weighted by Crippen LogP contribution is 1.96. The van der Waals surface area contributed by atoms with E-state index >= 15 is 0 Å². The van der Waals surface area contributed by atoms with Crippen LogP contribution in [0, 0.1) is 11.8 Å². The van der Waals surface area contributed by atoms with E-state index in [1.165, 1.54) is 0 Å². The minimum absolute atomic E-state index is 0. The van der Waals surface area contributed by atoms with Gasteiger partial charge in [0, 0.05) is 13.2 Å². The number of hydrogen-bond acceptors (Lipinski definition) is 3. The Hall–Kier alpha value is -0.0800. The largest absolute Gasteiger partial charge is 0.389 e. The van der Waals surface area contributed by atoms with Crippen molar-refractivity contribution in [2.24, 2.45) is 22.6 Å². The normalized spacial score (nSPS) is 13.5. The van der Waals surface area contributed by atoms with Crippen LogP contribution in [0.2, 0.25) is 0 Å². The van der Waals surface area contributed by atoms with Gasteiger partial charge in [-0.2, -0.15) is 0 Å². The molecule has 19 heavy (non-hydrogen) atoms. The first-order valence-corrected chi connectivity index (χ1v) is 6.71. The lowest BCUT2D eigenvalue weighted by atomic mass is 10.1. The first-order chi connectivity index (χ1) is 8.41. The topological polar surface area (TPSA) is 79.9 Å². The molecule has 1 atom stereocenters. The first-order valence-electron chi connectivity index (χ1n) is 6.71. The summed E-state index contributed by atoms with van der Waals surface area (Å²) < 4.78 is 5.32. The van der Waals surface area contributed by atoms with Crippen molar-refractivity contribution in [2.45, 2.75) is 40.2 Å². The number of aliphatic hydroxyl groups excluding tert-OH is 1. The Bertz CT molecular complexity index is 236. The monoisotopic (exact) mass is 387 g/mol. The minimum atomic E-state index is -0.589. The predicted octanol–water partition coefficient (Wildman–Crippen LogP) is 1.59. The average Bonchev–Trinajstić information content (AvgIpc) is 2.25. The van der Waals surface area contributed by atoms with Crippen molar-refractivity contribution < 1.29 is 9.84 Å². The summed E-state index contributed by atoms with van der Waals surface area (Å²) in [5, 5.41) is 12.6. The zero-order valence-electron chi connectivity index (χ0n) is 12.6. The SMILES string of the molecule is CC(C)CCNC(N)=NCC(O)COCC(C)C.I. The number of nitrogens with two attached hydrogens (primary N) is 1. The number of hydrogen-bond donors (Lipinski definition) is 3. The van der Waals surface area contributed by atoms with Crippen molar-refractivity contribution in [2.75, 3.05) is 26.3 Å². The molecule has 6 heteroatoms. The van der Waals surface area contributed by atoms with Gasteiger partial charge in [0.25, 0.3) is 0 Å². The fourth-order valence-corrected chi connectivity index (χ4v) is 1.24. The van der Waals surface area contributed by atoms with Gasteiger partial charge >= 0.3 is 0 Å². The number of guanidine groups is 1. The molecule has 0 spiro atoms. The molecule has 0 aromatic heterocycles. The second-order valence-corrected chi connectivity index (χ2v) is 5.42. The van der Waals surface area contributed by atoms with Crippen LogP contribution in [0.25, 0.3) is 0 Å². The van der Waals surface area contributed by atoms with Crippen molar-refractivity contribution in [1.29, 1.82) is 0 Å². The van der Waals surface area contributed by atoms with Crippen LogP contribution in [0.5, 0.6) is 0 Å². The van der Waals surface area contributed by atoms with Gasteiger partial charge in [0.15, 0.2) is 5.96 Å². The molecule has 0 aliphatic carbocycles. The number of nitrogens with one attached hydrogen (secondary N) is 1. The smallest absolute Gasteiger partial charge is 0.188 e. The van der Waals surface area contributed by atoms with Crippen molar-refractivity contribution in [3.63, 3.8) is 0 Å². The van der Waals surface area contributed by atoms with Gasteiger partial charge in [-0.1, -0.05) is 27.7 Å². The molecule has 0 fully saturated rings. The van der Waals surface area contributed by atoms with Crippen LogP contribution in [-0.4, -0.2) is 43.5 Å². The minimum Gasteiger partial charge on any atom is -0.389 e. The van der Waals surface area contributed by atoms with E-state index in [4.69, 9.17) is 10.5 Å². The van der Waals surface area contributed by atoms with Gasteiger partial charge in [-0.15, -0.1) is 24.0 Å². The van der Waals surface area contributed by atoms with E-state index < -0.39 is 6.10 Å². The van der Waals surface area contributed by atoms with Gasteiger partial charge in [-0.05, 0) is 18.3 Å². The Balaban J connectivity index is 0. The molecule has 0 aromatic carbocycles. The third kappa shape index (κ3) is 15.9. The molecule has 1 unspecified atom stereocenters. The van der Waals surface area contributed by atoms with Gasteiger partial charge in [-0.3, -0.25) is 4.99 Å². The number of halogens is 1. The van der Waals surface area contributed by atoms with E-state index in [0.29, 0.717) is 31.0 Å². The predicted molar refractivity (Wildman–Crippen MR) is 91.0 cm³/mol. The number of ether oxygens (including phenoxy) is 1. The van der Waals surface area contributed by atoms with Crippen LogP contribution in [0.4, 0.5) is 0 Å². The second-order valence-electron chi connectivity index (χ2n) is 5.42. The summed E-state index contributed by atoms with van der Waals surface area (Å²) in [6.07, 6.45) is 0.463. The molecule has 0 amide bonds. The molecule has 0 aliphatic heterocycles. The molecule has 0 heterocycles. The zero-order valence-corrected chi connectivity index (χ0v) is 14.9. The molecular weight excluding hydrogens is 357 g/mol. The summed E-state index contributed by atoms with van der Waals surface area (Å²) in [5.74, 6) is 1.50. The zero-order chi connectivity index (χ0) is 14.0. The molecule has 0 saturated carbocycles. The standard InChI is InChI=1S/C13H29N3O2.HI/c1-10(2)5-6-15-13(14)16-7-12(17)9-18-8-11(3)4;/h10-12,17H,5-9H2,1-4H3,(H3,14,15,16);1H. The summed E-state index contributed by atoms with van der Waals surface area (Å²) >= 11 is 0. The number of nitrogens with zero attached hydrogens (tertiary/aromatic N) is 1. The second kappa shape index (κ2) is 12.9. The highest BCUT2D eigenvalue weighted by atomic mass is 127. The quantitative estimate of drug-likeness (QED) is 0.319. The van der Waals surface area contributed by atoms with Crippen LogP contribution in [0.15, 0.2) is 4.99 Å². The van der Waals surface area contributed by atoms with E-state index in [0.717, 1.165) is 13.0 Å². The molecule has 0 bridgehead atoms. The highest BCUT2D eigenvalue weighted by Gasteiger charge is 2.04. The first kappa shape index (κ1) is 21.2. The van der Waals surface area contributed by atoms with Gasteiger partial charge in [0.05, 0.1) is 19.3 Å². The van der Waals surface area contributed by atoms with Crippen LogP contribution in [0.1, 0.15) is 34.1 Å². The fourth-order valence-electron chi connectivity index (χ4n) is 1.24. The van der Waals surface area contributed by atoms with E-state index in [2.05, 4.69) is 38.0 Å². The summed E-state index contributed by atoms with van der Waals surface area (Å²) in [7, 11) is 0. The third-order valence-corrected chi connectivity index (χ3v) is 2.26. The van der Waals surface area contributed by atoms with Crippen molar-refractivity contribution >= 4 is 29.9 Å². The maximum Gasteiger partial charge on any atom is 0.188 e. The van der Waals surface area contributed by atoms with Gasteiger partial charge in [-0.25, -0.2) is 0 Å².